The van der Waals surface area contributed by atoms with Gasteiger partial charge in [-0.05, 0) is 32.7 Å². The maximum absolute atomic E-state index is 5.63. The molecule has 0 amide bonds. The average Bonchev–Trinajstić information content (AvgIpc) is 2.48. The molecule has 13 heavy (non-hydrogen) atoms. The van der Waals surface area contributed by atoms with Crippen LogP contribution in [0.2, 0.25) is 0 Å². The second-order valence-corrected chi connectivity index (χ2v) is 4.23. The predicted molar refractivity (Wildman–Crippen MR) is 54.9 cm³/mol. The van der Waals surface area contributed by atoms with Crippen molar-refractivity contribution in [1.29, 1.82) is 0 Å². The first-order chi connectivity index (χ1) is 6.27. The molecule has 2 aliphatic heterocycles. The number of amidine groups is 1. The fourth-order valence-electron chi connectivity index (χ4n) is 2.63. The summed E-state index contributed by atoms with van der Waals surface area (Å²) >= 11 is 0. The first-order valence-corrected chi connectivity index (χ1v) is 5.31. The topological polar surface area (TPSA) is 41.6 Å². The predicted octanol–water partition coefficient (Wildman–Crippen LogP) is 0.990. The lowest BCUT2D eigenvalue weighted by Crippen LogP contribution is -2.38. The SMILES string of the molecule is CC(N)=NC1CCN2CCCCC12. The number of nitrogens with zero attached hydrogens (tertiary/aromatic N) is 2. The molecule has 0 aromatic rings. The summed E-state index contributed by atoms with van der Waals surface area (Å²) in [4.78, 5) is 7.10. The van der Waals surface area contributed by atoms with Crippen LogP contribution in [0.15, 0.2) is 4.99 Å². The van der Waals surface area contributed by atoms with E-state index in [1.807, 2.05) is 6.92 Å². The number of rotatable bonds is 1. The highest BCUT2D eigenvalue weighted by molar-refractivity contribution is 5.77. The zero-order chi connectivity index (χ0) is 9.26. The van der Waals surface area contributed by atoms with E-state index in [0.29, 0.717) is 12.1 Å². The quantitative estimate of drug-likeness (QED) is 0.484. The second kappa shape index (κ2) is 3.66. The van der Waals surface area contributed by atoms with E-state index in [1.165, 1.54) is 38.8 Å². The van der Waals surface area contributed by atoms with Crippen LogP contribution in [0, 0.1) is 0 Å². The number of piperidine rings is 1. The van der Waals surface area contributed by atoms with Gasteiger partial charge in [-0.25, -0.2) is 0 Å². The monoisotopic (exact) mass is 181 g/mol. The minimum absolute atomic E-state index is 0.491. The molecule has 0 aliphatic carbocycles. The van der Waals surface area contributed by atoms with E-state index in [0.717, 1.165) is 5.84 Å². The van der Waals surface area contributed by atoms with Gasteiger partial charge in [-0.3, -0.25) is 9.89 Å². The van der Waals surface area contributed by atoms with Crippen molar-refractivity contribution < 1.29 is 0 Å². The Morgan fingerprint density at radius 1 is 1.31 bits per heavy atom. The molecule has 2 rings (SSSR count). The molecule has 2 unspecified atom stereocenters. The molecule has 2 saturated heterocycles. The van der Waals surface area contributed by atoms with Crippen LogP contribution in [0.25, 0.3) is 0 Å². The molecule has 3 heteroatoms. The number of fused-ring (bicyclic) bond motifs is 1. The summed E-state index contributed by atoms with van der Waals surface area (Å²) in [6, 6.07) is 1.19. The van der Waals surface area contributed by atoms with E-state index in [-0.39, 0.29) is 0 Å². The Morgan fingerprint density at radius 3 is 2.92 bits per heavy atom. The van der Waals surface area contributed by atoms with Crippen LogP contribution in [0.3, 0.4) is 0 Å². The van der Waals surface area contributed by atoms with Crippen LogP contribution in [-0.4, -0.2) is 35.9 Å². The van der Waals surface area contributed by atoms with Crippen molar-refractivity contribution in [2.45, 2.75) is 44.7 Å². The van der Waals surface area contributed by atoms with E-state index < -0.39 is 0 Å². The highest BCUT2D eigenvalue weighted by Crippen LogP contribution is 2.28. The number of aliphatic imine (C=N–C) groups is 1. The van der Waals surface area contributed by atoms with Crippen molar-refractivity contribution in [3.05, 3.63) is 0 Å². The van der Waals surface area contributed by atoms with Gasteiger partial charge in [0.05, 0.1) is 11.9 Å². The minimum atomic E-state index is 0.491. The summed E-state index contributed by atoms with van der Waals surface area (Å²) in [6.07, 6.45) is 5.27. The van der Waals surface area contributed by atoms with Crippen LogP contribution in [-0.2, 0) is 0 Å². The average molecular weight is 181 g/mol. The first kappa shape index (κ1) is 9.00. The minimum Gasteiger partial charge on any atom is -0.388 e. The third-order valence-electron chi connectivity index (χ3n) is 3.19. The second-order valence-electron chi connectivity index (χ2n) is 4.23. The van der Waals surface area contributed by atoms with Crippen molar-refractivity contribution in [2.24, 2.45) is 10.7 Å². The zero-order valence-electron chi connectivity index (χ0n) is 8.37. The van der Waals surface area contributed by atoms with Gasteiger partial charge in [-0.1, -0.05) is 6.42 Å². The number of hydrogen-bond acceptors (Lipinski definition) is 2. The van der Waals surface area contributed by atoms with Gasteiger partial charge in [0.25, 0.3) is 0 Å². The molecule has 2 fully saturated rings. The Labute approximate surface area is 80.0 Å². The smallest absolute Gasteiger partial charge is 0.0909 e. The van der Waals surface area contributed by atoms with Crippen LogP contribution >= 0.6 is 0 Å². The van der Waals surface area contributed by atoms with E-state index in [2.05, 4.69) is 9.89 Å². The van der Waals surface area contributed by atoms with Crippen LogP contribution in [0.1, 0.15) is 32.6 Å². The lowest BCUT2D eigenvalue weighted by Gasteiger charge is -2.31. The largest absolute Gasteiger partial charge is 0.388 e. The van der Waals surface area contributed by atoms with Crippen molar-refractivity contribution in [3.8, 4) is 0 Å². The zero-order valence-corrected chi connectivity index (χ0v) is 8.37. The molecule has 0 radical (unpaired) electrons. The molecule has 2 aliphatic rings. The maximum atomic E-state index is 5.63. The molecule has 0 aromatic carbocycles. The molecular formula is C10H19N3. The van der Waals surface area contributed by atoms with Crippen molar-refractivity contribution in [1.82, 2.24) is 4.90 Å². The molecule has 0 saturated carbocycles. The summed E-state index contributed by atoms with van der Waals surface area (Å²) in [5.41, 5.74) is 5.63. The van der Waals surface area contributed by atoms with Crippen LogP contribution in [0.5, 0.6) is 0 Å². The van der Waals surface area contributed by atoms with Gasteiger partial charge >= 0.3 is 0 Å². The fraction of sp³-hybridized carbons (Fsp3) is 0.900. The number of nitrogens with two attached hydrogens (primary N) is 1. The van der Waals surface area contributed by atoms with Gasteiger partial charge in [-0.2, -0.15) is 0 Å². The summed E-state index contributed by atoms with van der Waals surface area (Å²) < 4.78 is 0. The Hall–Kier alpha value is -0.570. The summed E-state index contributed by atoms with van der Waals surface area (Å²) in [5, 5.41) is 0. The molecule has 0 spiro atoms. The van der Waals surface area contributed by atoms with Crippen molar-refractivity contribution >= 4 is 5.84 Å². The third-order valence-corrected chi connectivity index (χ3v) is 3.19. The van der Waals surface area contributed by atoms with Crippen molar-refractivity contribution in [3.63, 3.8) is 0 Å². The molecule has 2 atom stereocenters. The van der Waals surface area contributed by atoms with E-state index in [1.54, 1.807) is 0 Å². The van der Waals surface area contributed by atoms with Gasteiger partial charge in [0, 0.05) is 12.6 Å². The molecule has 0 bridgehead atoms. The molecule has 2 heterocycles. The summed E-state index contributed by atoms with van der Waals surface area (Å²) in [6.45, 7) is 4.40. The Balaban J connectivity index is 2.03. The third kappa shape index (κ3) is 1.85. The van der Waals surface area contributed by atoms with Crippen LogP contribution < -0.4 is 5.73 Å². The van der Waals surface area contributed by atoms with Gasteiger partial charge in [0.2, 0.25) is 0 Å². The molecule has 3 nitrogen and oxygen atoms in total. The lowest BCUT2D eigenvalue weighted by molar-refractivity contribution is 0.190. The van der Waals surface area contributed by atoms with Gasteiger partial charge < -0.3 is 5.73 Å². The lowest BCUT2D eigenvalue weighted by atomic mass is 9.99. The Morgan fingerprint density at radius 2 is 2.15 bits per heavy atom. The normalized spacial score (nSPS) is 36.2. The molecular weight excluding hydrogens is 162 g/mol. The van der Waals surface area contributed by atoms with E-state index in [4.69, 9.17) is 5.73 Å². The Kier molecular flexibility index (Phi) is 2.54. The highest BCUT2D eigenvalue weighted by atomic mass is 15.2. The molecule has 74 valence electrons. The fourth-order valence-corrected chi connectivity index (χ4v) is 2.63. The molecule has 0 aromatic heterocycles. The van der Waals surface area contributed by atoms with Gasteiger partial charge in [0.15, 0.2) is 0 Å². The highest BCUT2D eigenvalue weighted by Gasteiger charge is 2.34. The maximum Gasteiger partial charge on any atom is 0.0909 e. The van der Waals surface area contributed by atoms with E-state index in [9.17, 15) is 0 Å². The van der Waals surface area contributed by atoms with Gasteiger partial charge in [-0.15, -0.1) is 0 Å². The Bertz CT molecular complexity index is 208. The first-order valence-electron chi connectivity index (χ1n) is 5.31. The number of hydrogen-bond donors (Lipinski definition) is 1. The summed E-state index contributed by atoms with van der Waals surface area (Å²) in [5.74, 6) is 0.748. The standard InChI is InChI=1S/C10H19N3/c1-8(11)12-9-5-7-13-6-3-2-4-10(9)13/h9-10H,2-7H2,1H3,(H2,11,12). The van der Waals surface area contributed by atoms with Gasteiger partial charge in [0.1, 0.15) is 0 Å². The summed E-state index contributed by atoms with van der Waals surface area (Å²) in [7, 11) is 0. The molecule has 2 N–H and O–H groups in total. The van der Waals surface area contributed by atoms with Crippen molar-refractivity contribution in [2.75, 3.05) is 13.1 Å². The van der Waals surface area contributed by atoms with E-state index >= 15 is 0 Å². The van der Waals surface area contributed by atoms with Crippen LogP contribution in [0.4, 0.5) is 0 Å².